The molecule has 0 atom stereocenters. The molecule has 0 aliphatic heterocycles. The first-order valence-corrected chi connectivity index (χ1v) is 9.34. The number of aryl methyl sites for hydroxylation is 1. The van der Waals surface area contributed by atoms with Gasteiger partial charge in [-0.3, -0.25) is 14.2 Å². The van der Waals surface area contributed by atoms with Gasteiger partial charge in [0.1, 0.15) is 6.54 Å². The van der Waals surface area contributed by atoms with E-state index in [1.807, 2.05) is 37.4 Å². The van der Waals surface area contributed by atoms with E-state index in [1.54, 1.807) is 15.6 Å². The average Bonchev–Trinajstić information content (AvgIpc) is 3.04. The molecule has 130 valence electrons. The molecule has 0 aliphatic rings. The Kier molecular flexibility index (Phi) is 5.61. The van der Waals surface area contributed by atoms with Crippen LogP contribution in [0.15, 0.2) is 45.6 Å². The number of carbonyl (C=O) groups is 1. The first-order chi connectivity index (χ1) is 11.9. The number of hydrogen-bond donors (Lipinski definition) is 1. The number of aromatic nitrogens is 4. The third-order valence-corrected chi connectivity index (χ3v) is 5.04. The van der Waals surface area contributed by atoms with Crippen molar-refractivity contribution in [1.29, 1.82) is 0 Å². The van der Waals surface area contributed by atoms with E-state index in [9.17, 15) is 4.79 Å². The third-order valence-electron chi connectivity index (χ3n) is 3.42. The van der Waals surface area contributed by atoms with Crippen LogP contribution < -0.4 is 5.32 Å². The fourth-order valence-electron chi connectivity index (χ4n) is 2.23. The van der Waals surface area contributed by atoms with Gasteiger partial charge in [-0.2, -0.15) is 10.2 Å². The molecule has 0 radical (unpaired) electrons. The molecule has 1 N–H and O–H groups in total. The topological polar surface area (TPSA) is 64.7 Å². The minimum Gasteiger partial charge on any atom is -0.307 e. The van der Waals surface area contributed by atoms with Crippen molar-refractivity contribution in [1.82, 2.24) is 19.6 Å². The summed E-state index contributed by atoms with van der Waals surface area (Å²) in [7, 11) is 0. The van der Waals surface area contributed by atoms with E-state index in [-0.39, 0.29) is 12.5 Å². The first kappa shape index (κ1) is 18.2. The van der Waals surface area contributed by atoms with Gasteiger partial charge in [0.15, 0.2) is 5.82 Å². The zero-order valence-corrected chi connectivity index (χ0v) is 17.1. The second-order valence-electron chi connectivity index (χ2n) is 5.46. The van der Waals surface area contributed by atoms with E-state index < -0.39 is 0 Å². The van der Waals surface area contributed by atoms with Gasteiger partial charge >= 0.3 is 0 Å². The smallest absolute Gasteiger partial charge is 0.247 e. The van der Waals surface area contributed by atoms with Gasteiger partial charge in [-0.05, 0) is 56.5 Å². The predicted octanol–water partition coefficient (Wildman–Crippen LogP) is 4.25. The Morgan fingerprint density at radius 1 is 1.12 bits per heavy atom. The van der Waals surface area contributed by atoms with Crippen molar-refractivity contribution in [2.24, 2.45) is 0 Å². The van der Waals surface area contributed by atoms with E-state index in [4.69, 9.17) is 11.6 Å². The van der Waals surface area contributed by atoms with Crippen LogP contribution in [0.3, 0.4) is 0 Å². The largest absolute Gasteiger partial charge is 0.307 e. The second-order valence-corrected chi connectivity index (χ2v) is 7.60. The van der Waals surface area contributed by atoms with Gasteiger partial charge in [-0.25, -0.2) is 0 Å². The van der Waals surface area contributed by atoms with E-state index in [0.29, 0.717) is 21.9 Å². The highest BCUT2D eigenvalue weighted by Crippen LogP contribution is 2.21. The lowest BCUT2D eigenvalue weighted by Crippen LogP contribution is -2.19. The fourth-order valence-corrected chi connectivity index (χ4v) is 3.09. The number of carbonyl (C=O) groups excluding carboxylic acids is 1. The molecule has 0 saturated heterocycles. The van der Waals surface area contributed by atoms with Gasteiger partial charge in [-0.1, -0.05) is 23.7 Å². The minimum absolute atomic E-state index is 0.114. The third kappa shape index (κ3) is 4.71. The quantitative estimate of drug-likeness (QED) is 0.585. The molecule has 0 unspecified atom stereocenters. The van der Waals surface area contributed by atoms with Crippen LogP contribution in [0.2, 0.25) is 5.02 Å². The molecule has 2 heterocycles. The number of nitrogens with one attached hydrogen (secondary N) is 1. The summed E-state index contributed by atoms with van der Waals surface area (Å²) in [5, 5.41) is 12.1. The Bertz CT molecular complexity index is 884. The molecule has 0 fully saturated rings. The summed E-state index contributed by atoms with van der Waals surface area (Å²) in [5.74, 6) is 0.273. The van der Waals surface area contributed by atoms with Gasteiger partial charge in [0.05, 0.1) is 21.2 Å². The molecule has 2 aromatic heterocycles. The Balaban J connectivity index is 1.65. The van der Waals surface area contributed by atoms with E-state index in [1.165, 1.54) is 0 Å². The molecule has 9 heteroatoms. The SMILES string of the molecule is Cc1nn(CC(=O)Nc2nn(Cc3ccc(Cl)cc3)cc2Br)cc1Br. The monoisotopic (exact) mass is 485 g/mol. The molecular weight excluding hydrogens is 473 g/mol. The van der Waals surface area contributed by atoms with Gasteiger partial charge in [0.2, 0.25) is 5.91 Å². The molecule has 0 aliphatic carbocycles. The molecule has 3 rings (SSSR count). The fraction of sp³-hybridized carbons (Fsp3) is 0.188. The van der Waals surface area contributed by atoms with Crippen molar-refractivity contribution in [3.8, 4) is 0 Å². The Labute approximate surface area is 166 Å². The van der Waals surface area contributed by atoms with Crippen molar-refractivity contribution in [2.45, 2.75) is 20.0 Å². The number of nitrogens with zero attached hydrogens (tertiary/aromatic N) is 4. The lowest BCUT2D eigenvalue weighted by molar-refractivity contribution is -0.116. The zero-order chi connectivity index (χ0) is 18.0. The summed E-state index contributed by atoms with van der Waals surface area (Å²) in [6, 6.07) is 7.55. The number of hydrogen-bond acceptors (Lipinski definition) is 3. The number of anilines is 1. The van der Waals surface area contributed by atoms with Crippen molar-refractivity contribution >= 4 is 55.2 Å². The standard InChI is InChI=1S/C16H14Br2ClN5O/c1-10-13(17)7-24(21-10)9-15(25)20-16-14(18)8-23(22-16)6-11-2-4-12(19)5-3-11/h2-5,7-8H,6,9H2,1H3,(H,20,22,25). The Morgan fingerprint density at radius 2 is 1.80 bits per heavy atom. The molecule has 0 bridgehead atoms. The number of halogens is 3. The summed E-state index contributed by atoms with van der Waals surface area (Å²) in [5.41, 5.74) is 1.90. The van der Waals surface area contributed by atoms with Crippen LogP contribution in [0.1, 0.15) is 11.3 Å². The lowest BCUT2D eigenvalue weighted by atomic mass is 10.2. The Morgan fingerprint density at radius 3 is 2.44 bits per heavy atom. The Hall–Kier alpha value is -1.64. The van der Waals surface area contributed by atoms with Crippen LogP contribution in [0.25, 0.3) is 0 Å². The minimum atomic E-state index is -0.201. The van der Waals surface area contributed by atoms with Crippen LogP contribution in [0.5, 0.6) is 0 Å². The summed E-state index contributed by atoms with van der Waals surface area (Å²) in [6.07, 6.45) is 3.59. The molecule has 0 saturated carbocycles. The van der Waals surface area contributed by atoms with Crippen LogP contribution in [-0.4, -0.2) is 25.5 Å². The first-order valence-electron chi connectivity index (χ1n) is 7.37. The normalized spacial score (nSPS) is 10.9. The summed E-state index contributed by atoms with van der Waals surface area (Å²) >= 11 is 12.7. The summed E-state index contributed by atoms with van der Waals surface area (Å²) in [6.45, 7) is 2.56. The van der Waals surface area contributed by atoms with Crippen molar-refractivity contribution < 1.29 is 4.79 Å². The highest BCUT2D eigenvalue weighted by Gasteiger charge is 2.12. The van der Waals surface area contributed by atoms with Crippen LogP contribution >= 0.6 is 43.5 Å². The maximum Gasteiger partial charge on any atom is 0.247 e. The van der Waals surface area contributed by atoms with Gasteiger partial charge < -0.3 is 5.32 Å². The highest BCUT2D eigenvalue weighted by atomic mass is 79.9. The summed E-state index contributed by atoms with van der Waals surface area (Å²) < 4.78 is 4.91. The molecule has 1 aromatic carbocycles. The average molecular weight is 488 g/mol. The maximum atomic E-state index is 12.2. The van der Waals surface area contributed by atoms with Gasteiger partial charge in [0.25, 0.3) is 0 Å². The van der Waals surface area contributed by atoms with E-state index in [2.05, 4.69) is 47.4 Å². The summed E-state index contributed by atoms with van der Waals surface area (Å²) in [4.78, 5) is 12.2. The number of rotatable bonds is 5. The maximum absolute atomic E-state index is 12.2. The van der Waals surface area contributed by atoms with Crippen LogP contribution in [0.4, 0.5) is 5.82 Å². The molecule has 0 spiro atoms. The number of benzene rings is 1. The molecular formula is C16H14Br2ClN5O. The molecule has 1 amide bonds. The van der Waals surface area contributed by atoms with Crippen molar-refractivity contribution in [3.63, 3.8) is 0 Å². The number of amides is 1. The van der Waals surface area contributed by atoms with E-state index in [0.717, 1.165) is 15.7 Å². The van der Waals surface area contributed by atoms with Gasteiger partial charge in [0, 0.05) is 17.4 Å². The zero-order valence-electron chi connectivity index (χ0n) is 13.2. The van der Waals surface area contributed by atoms with E-state index >= 15 is 0 Å². The second kappa shape index (κ2) is 7.72. The predicted molar refractivity (Wildman–Crippen MR) is 104 cm³/mol. The van der Waals surface area contributed by atoms with Crippen molar-refractivity contribution in [3.05, 3.63) is 61.9 Å². The molecule has 6 nitrogen and oxygen atoms in total. The molecule has 3 aromatic rings. The van der Waals surface area contributed by atoms with Crippen LogP contribution in [-0.2, 0) is 17.9 Å². The van der Waals surface area contributed by atoms with Crippen molar-refractivity contribution in [2.75, 3.05) is 5.32 Å². The van der Waals surface area contributed by atoms with Crippen LogP contribution in [0, 0.1) is 6.92 Å². The lowest BCUT2D eigenvalue weighted by Gasteiger charge is -2.04. The molecule has 25 heavy (non-hydrogen) atoms. The highest BCUT2D eigenvalue weighted by molar-refractivity contribution is 9.10. The van der Waals surface area contributed by atoms with Gasteiger partial charge in [-0.15, -0.1) is 0 Å².